The molecule has 0 N–H and O–H groups in total. The Morgan fingerprint density at radius 3 is 2.60 bits per heavy atom. The lowest BCUT2D eigenvalue weighted by molar-refractivity contribution is -0.132. The third-order valence-corrected chi connectivity index (χ3v) is 5.66. The van der Waals surface area contributed by atoms with Crippen molar-refractivity contribution in [2.24, 2.45) is 0 Å². The predicted molar refractivity (Wildman–Crippen MR) is 84.4 cm³/mol. The van der Waals surface area contributed by atoms with Gasteiger partial charge in [-0.1, -0.05) is 13.8 Å². The number of carbonyl (C=O) groups excluding carboxylic acids is 2. The van der Waals surface area contributed by atoms with E-state index >= 15 is 0 Å². The van der Waals surface area contributed by atoms with E-state index in [2.05, 4.69) is 13.8 Å². The van der Waals surface area contributed by atoms with Gasteiger partial charge in [0.15, 0.2) is 0 Å². The molecule has 2 heterocycles. The van der Waals surface area contributed by atoms with Gasteiger partial charge in [0.25, 0.3) is 5.91 Å². The number of likely N-dealkylation sites (N-methyl/N-ethyl adjacent to an activating group) is 1. The Morgan fingerprint density at radius 2 is 2.05 bits per heavy atom. The number of nitrogens with zero attached hydrogens (tertiary/aromatic N) is 2. The summed E-state index contributed by atoms with van der Waals surface area (Å²) < 4.78 is 0. The van der Waals surface area contributed by atoms with E-state index in [4.69, 9.17) is 0 Å². The number of hydrogen-bond donors (Lipinski definition) is 0. The summed E-state index contributed by atoms with van der Waals surface area (Å²) in [4.78, 5) is 29.9. The van der Waals surface area contributed by atoms with E-state index in [0.29, 0.717) is 17.5 Å². The van der Waals surface area contributed by atoms with Crippen molar-refractivity contribution in [2.45, 2.75) is 25.8 Å². The fourth-order valence-electron chi connectivity index (χ4n) is 2.07. The van der Waals surface area contributed by atoms with Crippen molar-refractivity contribution >= 4 is 34.9 Å². The molecule has 0 saturated carbocycles. The van der Waals surface area contributed by atoms with Gasteiger partial charge in [-0.3, -0.25) is 9.59 Å². The minimum absolute atomic E-state index is 0.00369. The normalized spacial score (nSPS) is 18.6. The molecule has 1 aromatic heterocycles. The molecule has 20 heavy (non-hydrogen) atoms. The molecule has 110 valence electrons. The van der Waals surface area contributed by atoms with Crippen molar-refractivity contribution in [3.8, 4) is 0 Å². The maximum atomic E-state index is 12.6. The standard InChI is InChI=1S/C14H20N2O2S2/c1-9(2)11-5-6-12(20-11)14(18)16-8-19-7-10(16)13(17)15(3)4/h5-6,9-10H,7-8H2,1-4H3/t10-/m0/s1. The van der Waals surface area contributed by atoms with Crippen molar-refractivity contribution in [1.82, 2.24) is 9.80 Å². The summed E-state index contributed by atoms with van der Waals surface area (Å²) in [6.07, 6.45) is 0. The van der Waals surface area contributed by atoms with Gasteiger partial charge in [-0.25, -0.2) is 0 Å². The number of rotatable bonds is 3. The second-order valence-electron chi connectivity index (χ2n) is 5.38. The second kappa shape index (κ2) is 6.18. The summed E-state index contributed by atoms with van der Waals surface area (Å²) in [6, 6.07) is 3.56. The highest BCUT2D eigenvalue weighted by atomic mass is 32.2. The number of hydrogen-bond acceptors (Lipinski definition) is 4. The van der Waals surface area contributed by atoms with E-state index in [1.807, 2.05) is 12.1 Å². The predicted octanol–water partition coefficient (Wildman–Crippen LogP) is 2.47. The Kier molecular flexibility index (Phi) is 4.75. The van der Waals surface area contributed by atoms with Crippen molar-refractivity contribution < 1.29 is 9.59 Å². The molecular weight excluding hydrogens is 292 g/mol. The molecule has 0 spiro atoms. The quantitative estimate of drug-likeness (QED) is 0.861. The van der Waals surface area contributed by atoms with E-state index in [1.165, 1.54) is 16.2 Å². The molecule has 1 aliphatic heterocycles. The Hall–Kier alpha value is -1.01. The summed E-state index contributed by atoms with van der Waals surface area (Å²) in [7, 11) is 3.46. The van der Waals surface area contributed by atoms with Gasteiger partial charge < -0.3 is 9.80 Å². The molecule has 0 radical (unpaired) electrons. The Morgan fingerprint density at radius 1 is 1.35 bits per heavy atom. The zero-order chi connectivity index (χ0) is 14.9. The molecule has 1 atom stereocenters. The zero-order valence-corrected chi connectivity index (χ0v) is 13.9. The van der Waals surface area contributed by atoms with E-state index in [-0.39, 0.29) is 17.9 Å². The largest absolute Gasteiger partial charge is 0.347 e. The maximum Gasteiger partial charge on any atom is 0.265 e. The maximum absolute atomic E-state index is 12.6. The Balaban J connectivity index is 2.16. The first kappa shape index (κ1) is 15.4. The highest BCUT2D eigenvalue weighted by Crippen LogP contribution is 2.29. The summed E-state index contributed by atoms with van der Waals surface area (Å²) in [6.45, 7) is 4.23. The van der Waals surface area contributed by atoms with Crippen molar-refractivity contribution in [2.75, 3.05) is 25.7 Å². The van der Waals surface area contributed by atoms with E-state index in [0.717, 1.165) is 4.88 Å². The third-order valence-electron chi connectivity index (χ3n) is 3.28. The van der Waals surface area contributed by atoms with Crippen LogP contribution < -0.4 is 0 Å². The fourth-order valence-corrected chi connectivity index (χ4v) is 4.18. The summed E-state index contributed by atoms with van der Waals surface area (Å²) in [5, 5.41) is 0. The average Bonchev–Trinajstić information content (AvgIpc) is 3.05. The number of thiophene rings is 1. The molecule has 0 aromatic carbocycles. The van der Waals surface area contributed by atoms with Crippen LogP contribution in [0.1, 0.15) is 34.3 Å². The molecule has 2 rings (SSSR count). The van der Waals surface area contributed by atoms with Crippen molar-refractivity contribution in [1.29, 1.82) is 0 Å². The van der Waals surface area contributed by atoms with E-state index in [1.54, 1.807) is 35.7 Å². The molecule has 1 aliphatic rings. The van der Waals surface area contributed by atoms with E-state index in [9.17, 15) is 9.59 Å². The monoisotopic (exact) mass is 312 g/mol. The van der Waals surface area contributed by atoms with Crippen LogP contribution in [0.15, 0.2) is 12.1 Å². The van der Waals surface area contributed by atoms with Crippen molar-refractivity contribution in [3.05, 3.63) is 21.9 Å². The first-order valence-corrected chi connectivity index (χ1v) is 8.58. The molecule has 1 saturated heterocycles. The van der Waals surface area contributed by atoms with Gasteiger partial charge in [-0.2, -0.15) is 0 Å². The number of carbonyl (C=O) groups is 2. The first-order valence-electron chi connectivity index (χ1n) is 6.61. The SMILES string of the molecule is CC(C)c1ccc(C(=O)N2CSC[C@H]2C(=O)N(C)C)s1. The van der Waals surface area contributed by atoms with Gasteiger partial charge in [0.1, 0.15) is 6.04 Å². The van der Waals surface area contributed by atoms with Crippen LogP contribution >= 0.6 is 23.1 Å². The Bertz CT molecular complexity index is 511. The summed E-state index contributed by atoms with van der Waals surface area (Å²) >= 11 is 3.17. The minimum Gasteiger partial charge on any atom is -0.347 e. The smallest absolute Gasteiger partial charge is 0.265 e. The van der Waals surface area contributed by atoms with Crippen molar-refractivity contribution in [3.63, 3.8) is 0 Å². The minimum atomic E-state index is -0.327. The summed E-state index contributed by atoms with van der Waals surface area (Å²) in [5.41, 5.74) is 0. The molecule has 0 unspecified atom stereocenters. The Labute approximate surface area is 128 Å². The molecule has 1 aromatic rings. The van der Waals surface area contributed by atoms with Crippen LogP contribution in [0.5, 0.6) is 0 Å². The lowest BCUT2D eigenvalue weighted by Gasteiger charge is -2.24. The number of amides is 2. The van der Waals surface area contributed by atoms with Gasteiger partial charge >= 0.3 is 0 Å². The molecule has 1 fully saturated rings. The van der Waals surface area contributed by atoms with Crippen LogP contribution in [-0.2, 0) is 4.79 Å². The highest BCUT2D eigenvalue weighted by molar-refractivity contribution is 7.99. The third kappa shape index (κ3) is 3.01. The van der Waals surface area contributed by atoms with Crippen LogP contribution in [0.4, 0.5) is 0 Å². The fraction of sp³-hybridized carbons (Fsp3) is 0.571. The molecule has 0 aliphatic carbocycles. The number of thioether (sulfide) groups is 1. The first-order chi connectivity index (χ1) is 9.41. The lowest BCUT2D eigenvalue weighted by atomic mass is 10.2. The van der Waals surface area contributed by atoms with Gasteiger partial charge in [0.05, 0.1) is 10.8 Å². The van der Waals surface area contributed by atoms with Crippen LogP contribution in [0.25, 0.3) is 0 Å². The highest BCUT2D eigenvalue weighted by Gasteiger charge is 2.36. The second-order valence-corrected chi connectivity index (χ2v) is 7.50. The van der Waals surface area contributed by atoms with Gasteiger partial charge in [0.2, 0.25) is 5.91 Å². The topological polar surface area (TPSA) is 40.6 Å². The van der Waals surface area contributed by atoms with Crippen LogP contribution in [0, 0.1) is 0 Å². The van der Waals surface area contributed by atoms with Crippen LogP contribution in [-0.4, -0.2) is 53.4 Å². The average molecular weight is 312 g/mol. The van der Waals surface area contributed by atoms with Gasteiger partial charge in [-0.05, 0) is 18.1 Å². The van der Waals surface area contributed by atoms with Gasteiger partial charge in [0, 0.05) is 24.7 Å². The van der Waals surface area contributed by atoms with E-state index < -0.39 is 0 Å². The van der Waals surface area contributed by atoms with Crippen LogP contribution in [0.2, 0.25) is 0 Å². The molecule has 2 amide bonds. The molecule has 6 heteroatoms. The summed E-state index contributed by atoms with van der Waals surface area (Å²) in [5.74, 6) is 1.69. The van der Waals surface area contributed by atoms with Gasteiger partial charge in [-0.15, -0.1) is 23.1 Å². The van der Waals surface area contributed by atoms with Crippen LogP contribution in [0.3, 0.4) is 0 Å². The molecular formula is C14H20N2O2S2. The zero-order valence-electron chi connectivity index (χ0n) is 12.3. The molecule has 4 nitrogen and oxygen atoms in total. The lowest BCUT2D eigenvalue weighted by Crippen LogP contribution is -2.46. The molecule has 0 bridgehead atoms.